The van der Waals surface area contributed by atoms with Gasteiger partial charge in [0, 0.05) is 19.5 Å². The Morgan fingerprint density at radius 2 is 1.78 bits per heavy atom. The van der Waals surface area contributed by atoms with Crippen molar-refractivity contribution >= 4 is 11.8 Å². The second-order valence-electron chi connectivity index (χ2n) is 7.58. The van der Waals surface area contributed by atoms with Crippen LogP contribution in [0.25, 0.3) is 0 Å². The molecular weight excluding hydrogens is 336 g/mol. The smallest absolute Gasteiger partial charge is 0.245 e. The maximum Gasteiger partial charge on any atom is 0.245 e. The highest BCUT2D eigenvalue weighted by Gasteiger charge is 2.46. The van der Waals surface area contributed by atoms with Gasteiger partial charge in [-0.05, 0) is 44.2 Å². The van der Waals surface area contributed by atoms with Crippen LogP contribution in [0.15, 0.2) is 54.6 Å². The largest absolute Gasteiger partial charge is 0.350 e. The van der Waals surface area contributed by atoms with E-state index in [1.54, 1.807) is 4.90 Å². The van der Waals surface area contributed by atoms with Crippen LogP contribution < -0.4 is 5.32 Å². The molecule has 0 aromatic heterocycles. The molecule has 1 saturated heterocycles. The van der Waals surface area contributed by atoms with E-state index in [2.05, 4.69) is 17.4 Å². The Bertz CT molecular complexity index is 786. The number of carbonyl (C=O) groups is 2. The first-order valence-corrected chi connectivity index (χ1v) is 9.67. The van der Waals surface area contributed by atoms with E-state index in [1.807, 2.05) is 56.3 Å². The van der Waals surface area contributed by atoms with Crippen molar-refractivity contribution in [3.63, 3.8) is 0 Å². The van der Waals surface area contributed by atoms with Gasteiger partial charge in [-0.2, -0.15) is 0 Å². The van der Waals surface area contributed by atoms with Gasteiger partial charge in [-0.3, -0.25) is 9.59 Å². The highest BCUT2D eigenvalue weighted by molar-refractivity contribution is 5.94. The van der Waals surface area contributed by atoms with E-state index in [0.717, 1.165) is 18.4 Å². The lowest BCUT2D eigenvalue weighted by molar-refractivity contribution is -0.140. The summed E-state index contributed by atoms with van der Waals surface area (Å²) in [5, 5.41) is 3.03. The molecule has 1 unspecified atom stereocenters. The minimum absolute atomic E-state index is 0.0614. The number of carbonyl (C=O) groups excluding carboxylic acids is 2. The Morgan fingerprint density at radius 1 is 1.07 bits per heavy atom. The maximum absolute atomic E-state index is 12.9. The lowest BCUT2D eigenvalue weighted by atomic mass is 9.97. The van der Waals surface area contributed by atoms with Crippen molar-refractivity contribution < 1.29 is 9.59 Å². The highest BCUT2D eigenvalue weighted by atomic mass is 16.2. The van der Waals surface area contributed by atoms with E-state index in [1.165, 1.54) is 11.1 Å². The number of likely N-dealkylation sites (tertiary alicyclic amines) is 1. The predicted molar refractivity (Wildman–Crippen MR) is 107 cm³/mol. The number of aryl methyl sites for hydroxylation is 2. The molecule has 1 aliphatic heterocycles. The van der Waals surface area contributed by atoms with Gasteiger partial charge in [0.2, 0.25) is 11.8 Å². The molecule has 27 heavy (non-hydrogen) atoms. The van der Waals surface area contributed by atoms with Crippen LogP contribution in [0.4, 0.5) is 0 Å². The van der Waals surface area contributed by atoms with E-state index in [4.69, 9.17) is 0 Å². The molecular formula is C23H28N2O2. The van der Waals surface area contributed by atoms with E-state index in [9.17, 15) is 9.59 Å². The lowest BCUT2D eigenvalue weighted by Gasteiger charge is -2.34. The zero-order chi connectivity index (χ0) is 19.3. The Hall–Kier alpha value is -2.62. The number of nitrogens with zero attached hydrogens (tertiary/aromatic N) is 1. The minimum Gasteiger partial charge on any atom is -0.350 e. The summed E-state index contributed by atoms with van der Waals surface area (Å²) in [6, 6.07) is 18.4. The highest BCUT2D eigenvalue weighted by Crippen LogP contribution is 2.30. The predicted octanol–water partition coefficient (Wildman–Crippen LogP) is 3.63. The first kappa shape index (κ1) is 19.2. The summed E-state index contributed by atoms with van der Waals surface area (Å²) >= 11 is 0. The molecule has 2 aromatic rings. The lowest BCUT2D eigenvalue weighted by Crippen LogP contribution is -2.54. The van der Waals surface area contributed by atoms with Crippen molar-refractivity contribution in [3.8, 4) is 0 Å². The molecule has 1 atom stereocenters. The van der Waals surface area contributed by atoms with Crippen LogP contribution in [-0.2, 0) is 22.6 Å². The Kier molecular flexibility index (Phi) is 5.94. The number of nitrogens with one attached hydrogen (secondary N) is 1. The molecule has 1 heterocycles. The summed E-state index contributed by atoms with van der Waals surface area (Å²) in [5.41, 5.74) is 2.77. The number of amides is 2. The molecule has 1 aliphatic rings. The van der Waals surface area contributed by atoms with Crippen molar-refractivity contribution in [2.75, 3.05) is 6.54 Å². The molecule has 0 aliphatic carbocycles. The average Bonchev–Trinajstić information content (AvgIpc) is 2.98. The summed E-state index contributed by atoms with van der Waals surface area (Å²) in [6.07, 6.45) is 2.79. The molecule has 4 heteroatoms. The van der Waals surface area contributed by atoms with E-state index < -0.39 is 5.54 Å². The fourth-order valence-electron chi connectivity index (χ4n) is 3.67. The summed E-state index contributed by atoms with van der Waals surface area (Å²) in [4.78, 5) is 27.1. The third-order valence-corrected chi connectivity index (χ3v) is 5.48. The van der Waals surface area contributed by atoms with Crippen LogP contribution in [-0.4, -0.2) is 28.8 Å². The SMILES string of the molecule is Cc1ccc(CNC(=O)C2(C)CCC(=O)N2CCCc2ccccc2)cc1. The Balaban J connectivity index is 1.58. The van der Waals surface area contributed by atoms with Gasteiger partial charge in [0.1, 0.15) is 5.54 Å². The Morgan fingerprint density at radius 3 is 2.48 bits per heavy atom. The number of hydrogen-bond donors (Lipinski definition) is 1. The minimum atomic E-state index is -0.752. The van der Waals surface area contributed by atoms with Gasteiger partial charge >= 0.3 is 0 Å². The molecule has 142 valence electrons. The molecule has 4 nitrogen and oxygen atoms in total. The van der Waals surface area contributed by atoms with Gasteiger partial charge in [0.25, 0.3) is 0 Å². The molecule has 0 spiro atoms. The Labute approximate surface area is 161 Å². The third kappa shape index (κ3) is 4.57. The van der Waals surface area contributed by atoms with Gasteiger partial charge in [0.15, 0.2) is 0 Å². The molecule has 1 fully saturated rings. The van der Waals surface area contributed by atoms with Crippen LogP contribution in [0.3, 0.4) is 0 Å². The number of rotatable bonds is 7. The van der Waals surface area contributed by atoms with Crippen LogP contribution in [0.2, 0.25) is 0 Å². The standard InChI is InChI=1S/C23H28N2O2/c1-18-10-12-20(13-11-18)17-24-22(27)23(2)15-14-21(26)25(23)16-6-9-19-7-4-3-5-8-19/h3-5,7-8,10-13H,6,9,14-17H2,1-2H3,(H,24,27). The monoisotopic (exact) mass is 364 g/mol. The summed E-state index contributed by atoms with van der Waals surface area (Å²) < 4.78 is 0. The zero-order valence-electron chi connectivity index (χ0n) is 16.2. The van der Waals surface area contributed by atoms with Crippen LogP contribution in [0.1, 0.15) is 42.9 Å². The fraction of sp³-hybridized carbons (Fsp3) is 0.391. The third-order valence-electron chi connectivity index (χ3n) is 5.48. The normalized spacial score (nSPS) is 19.3. The van der Waals surface area contributed by atoms with Crippen molar-refractivity contribution in [3.05, 3.63) is 71.3 Å². The van der Waals surface area contributed by atoms with Gasteiger partial charge < -0.3 is 10.2 Å². The summed E-state index contributed by atoms with van der Waals surface area (Å²) in [5.74, 6) is 0.0182. The van der Waals surface area contributed by atoms with E-state index >= 15 is 0 Å². The molecule has 1 N–H and O–H groups in total. The van der Waals surface area contributed by atoms with Crippen LogP contribution >= 0.6 is 0 Å². The molecule has 2 amide bonds. The summed E-state index contributed by atoms with van der Waals surface area (Å²) in [6.45, 7) is 5.04. The molecule has 0 saturated carbocycles. The molecule has 2 aromatic carbocycles. The number of benzene rings is 2. The van der Waals surface area contributed by atoms with Gasteiger partial charge in [-0.25, -0.2) is 0 Å². The van der Waals surface area contributed by atoms with Gasteiger partial charge in [0.05, 0.1) is 0 Å². The van der Waals surface area contributed by atoms with E-state index in [-0.39, 0.29) is 11.8 Å². The average molecular weight is 364 g/mol. The quantitative estimate of drug-likeness (QED) is 0.816. The zero-order valence-corrected chi connectivity index (χ0v) is 16.2. The topological polar surface area (TPSA) is 49.4 Å². The first-order valence-electron chi connectivity index (χ1n) is 9.67. The van der Waals surface area contributed by atoms with Gasteiger partial charge in [-0.15, -0.1) is 0 Å². The van der Waals surface area contributed by atoms with Crippen LogP contribution in [0, 0.1) is 6.92 Å². The first-order chi connectivity index (χ1) is 13.0. The van der Waals surface area contributed by atoms with Crippen molar-refractivity contribution in [1.29, 1.82) is 0 Å². The molecule has 0 radical (unpaired) electrons. The van der Waals surface area contributed by atoms with E-state index in [0.29, 0.717) is 25.9 Å². The number of hydrogen-bond acceptors (Lipinski definition) is 2. The van der Waals surface area contributed by atoms with Gasteiger partial charge in [-0.1, -0.05) is 60.2 Å². The summed E-state index contributed by atoms with van der Waals surface area (Å²) in [7, 11) is 0. The second kappa shape index (κ2) is 8.38. The van der Waals surface area contributed by atoms with Crippen molar-refractivity contribution in [2.24, 2.45) is 0 Å². The fourth-order valence-corrected chi connectivity index (χ4v) is 3.67. The van der Waals surface area contributed by atoms with Crippen molar-refractivity contribution in [2.45, 2.75) is 51.6 Å². The molecule has 0 bridgehead atoms. The van der Waals surface area contributed by atoms with Crippen LogP contribution in [0.5, 0.6) is 0 Å². The molecule has 3 rings (SSSR count). The van der Waals surface area contributed by atoms with Crippen molar-refractivity contribution in [1.82, 2.24) is 10.2 Å². The second-order valence-corrected chi connectivity index (χ2v) is 7.58. The maximum atomic E-state index is 12.9.